The average Bonchev–Trinajstić information content (AvgIpc) is 3.03. The molecule has 0 heterocycles. The minimum Gasteiger partial charge on any atom is -0.462 e. The van der Waals surface area contributed by atoms with Crippen LogP contribution < -0.4 is 0 Å². The molecule has 0 saturated heterocycles. The van der Waals surface area contributed by atoms with Crippen molar-refractivity contribution in [2.45, 2.75) is 219 Å². The summed E-state index contributed by atoms with van der Waals surface area (Å²) in [6.07, 6.45) is 32.3. The second kappa shape index (κ2) is 35.3. The average molecular weight is 639 g/mol. The number of unbranched alkanes of at least 4 members (excludes halogenated alkanes) is 24. The summed E-state index contributed by atoms with van der Waals surface area (Å²) in [6, 6.07) is 0. The molecule has 0 aromatic heterocycles. The van der Waals surface area contributed by atoms with Crippen molar-refractivity contribution in [2.24, 2.45) is 0 Å². The van der Waals surface area contributed by atoms with E-state index < -0.39 is 6.10 Å². The first-order chi connectivity index (χ1) is 22.0. The molecule has 0 rings (SSSR count). The second-order valence-corrected chi connectivity index (χ2v) is 13.2. The normalized spacial score (nSPS) is 11.8. The van der Waals surface area contributed by atoms with E-state index in [4.69, 9.17) is 14.2 Å². The molecule has 45 heavy (non-hydrogen) atoms. The molecule has 0 aromatic rings. The molecule has 1 unspecified atom stereocenters. The lowest BCUT2D eigenvalue weighted by Crippen LogP contribution is -2.30. The third kappa shape index (κ3) is 33.6. The van der Waals surface area contributed by atoms with Gasteiger partial charge in [-0.2, -0.15) is 0 Å². The van der Waals surface area contributed by atoms with E-state index in [1.54, 1.807) is 0 Å². The van der Waals surface area contributed by atoms with E-state index in [2.05, 4.69) is 20.8 Å². The van der Waals surface area contributed by atoms with Gasteiger partial charge in [0.25, 0.3) is 0 Å². The Balaban J connectivity index is 4.31. The molecule has 0 amide bonds. The van der Waals surface area contributed by atoms with Crippen LogP contribution in [0.15, 0.2) is 0 Å². The molecular formula is C39H74O6. The zero-order valence-corrected chi connectivity index (χ0v) is 30.2. The highest BCUT2D eigenvalue weighted by Crippen LogP contribution is 2.14. The van der Waals surface area contributed by atoms with E-state index in [1.165, 1.54) is 116 Å². The Morgan fingerprint density at radius 3 is 0.889 bits per heavy atom. The third-order valence-corrected chi connectivity index (χ3v) is 8.61. The Bertz CT molecular complexity index is 664. The first kappa shape index (κ1) is 43.4. The van der Waals surface area contributed by atoms with Crippen LogP contribution in [-0.4, -0.2) is 37.2 Å². The van der Waals surface area contributed by atoms with E-state index in [1.807, 2.05) is 0 Å². The maximum absolute atomic E-state index is 12.5. The Morgan fingerprint density at radius 2 is 0.600 bits per heavy atom. The molecule has 0 aliphatic rings. The summed E-state index contributed by atoms with van der Waals surface area (Å²) in [4.78, 5) is 37.3. The summed E-state index contributed by atoms with van der Waals surface area (Å²) < 4.78 is 16.5. The summed E-state index contributed by atoms with van der Waals surface area (Å²) in [6.45, 7) is 6.56. The molecule has 0 aliphatic carbocycles. The summed E-state index contributed by atoms with van der Waals surface area (Å²) in [7, 11) is 0. The van der Waals surface area contributed by atoms with Crippen LogP contribution in [0.5, 0.6) is 0 Å². The van der Waals surface area contributed by atoms with Gasteiger partial charge in [0.05, 0.1) is 0 Å². The molecule has 0 radical (unpaired) electrons. The van der Waals surface area contributed by atoms with E-state index >= 15 is 0 Å². The Hall–Kier alpha value is -1.59. The van der Waals surface area contributed by atoms with Crippen molar-refractivity contribution in [2.75, 3.05) is 13.2 Å². The van der Waals surface area contributed by atoms with Crippen LogP contribution >= 0.6 is 0 Å². The first-order valence-corrected chi connectivity index (χ1v) is 19.5. The molecule has 1 atom stereocenters. The zero-order chi connectivity index (χ0) is 33.1. The van der Waals surface area contributed by atoms with Gasteiger partial charge in [-0.15, -0.1) is 0 Å². The van der Waals surface area contributed by atoms with Gasteiger partial charge in [0.15, 0.2) is 6.10 Å². The molecule has 0 N–H and O–H groups in total. The molecule has 0 aromatic carbocycles. The molecule has 6 nitrogen and oxygen atoms in total. The summed E-state index contributed by atoms with van der Waals surface area (Å²) in [5.74, 6) is -0.871. The predicted octanol–water partition coefficient (Wildman–Crippen LogP) is 11.7. The van der Waals surface area contributed by atoms with Crippen molar-refractivity contribution < 1.29 is 28.6 Å². The Labute approximate surface area is 278 Å². The van der Waals surface area contributed by atoms with Crippen molar-refractivity contribution >= 4 is 17.9 Å². The molecule has 0 saturated carbocycles. The maximum atomic E-state index is 12.5. The van der Waals surface area contributed by atoms with E-state index in [0.717, 1.165) is 57.8 Å². The number of ether oxygens (including phenoxy) is 3. The van der Waals surface area contributed by atoms with E-state index in [-0.39, 0.29) is 31.1 Å². The number of hydrogen-bond acceptors (Lipinski definition) is 6. The van der Waals surface area contributed by atoms with E-state index in [0.29, 0.717) is 19.3 Å². The Kier molecular flexibility index (Phi) is 34.0. The van der Waals surface area contributed by atoms with Gasteiger partial charge < -0.3 is 14.2 Å². The fourth-order valence-corrected chi connectivity index (χ4v) is 5.62. The third-order valence-electron chi connectivity index (χ3n) is 8.61. The molecular weight excluding hydrogens is 564 g/mol. The van der Waals surface area contributed by atoms with Crippen LogP contribution in [0, 0.1) is 0 Å². The van der Waals surface area contributed by atoms with E-state index in [9.17, 15) is 14.4 Å². The van der Waals surface area contributed by atoms with Crippen LogP contribution in [0.3, 0.4) is 0 Å². The first-order valence-electron chi connectivity index (χ1n) is 19.5. The molecule has 0 spiro atoms. The number of carbonyl (C=O) groups excluding carboxylic acids is 3. The van der Waals surface area contributed by atoms with Crippen LogP contribution in [0.2, 0.25) is 0 Å². The predicted molar refractivity (Wildman–Crippen MR) is 187 cm³/mol. The summed E-state index contributed by atoms with van der Waals surface area (Å²) in [5.41, 5.74) is 0. The fraction of sp³-hybridized carbons (Fsp3) is 0.923. The zero-order valence-electron chi connectivity index (χ0n) is 30.2. The number of hydrogen-bond donors (Lipinski definition) is 0. The smallest absolute Gasteiger partial charge is 0.306 e. The van der Waals surface area contributed by atoms with Gasteiger partial charge in [-0.3, -0.25) is 14.4 Å². The van der Waals surface area contributed by atoms with Crippen LogP contribution in [0.4, 0.5) is 0 Å². The van der Waals surface area contributed by atoms with Crippen molar-refractivity contribution in [1.82, 2.24) is 0 Å². The van der Waals surface area contributed by atoms with Gasteiger partial charge in [0.2, 0.25) is 0 Å². The summed E-state index contributed by atoms with van der Waals surface area (Å²) in [5, 5.41) is 0. The largest absolute Gasteiger partial charge is 0.462 e. The van der Waals surface area contributed by atoms with Crippen molar-refractivity contribution in [3.05, 3.63) is 0 Å². The molecule has 266 valence electrons. The fourth-order valence-electron chi connectivity index (χ4n) is 5.62. The van der Waals surface area contributed by atoms with Crippen LogP contribution in [-0.2, 0) is 28.6 Å². The van der Waals surface area contributed by atoms with Gasteiger partial charge in [-0.25, -0.2) is 0 Å². The second-order valence-electron chi connectivity index (χ2n) is 13.2. The van der Waals surface area contributed by atoms with Crippen molar-refractivity contribution in [3.63, 3.8) is 0 Å². The lowest BCUT2D eigenvalue weighted by Gasteiger charge is -2.18. The van der Waals surface area contributed by atoms with Crippen LogP contribution in [0.25, 0.3) is 0 Å². The quantitative estimate of drug-likeness (QED) is 0.0390. The lowest BCUT2D eigenvalue weighted by molar-refractivity contribution is -0.167. The number of rotatable bonds is 35. The van der Waals surface area contributed by atoms with Gasteiger partial charge >= 0.3 is 17.9 Å². The summed E-state index contributed by atoms with van der Waals surface area (Å²) >= 11 is 0. The van der Waals surface area contributed by atoms with Crippen LogP contribution in [0.1, 0.15) is 213 Å². The Morgan fingerprint density at radius 1 is 0.356 bits per heavy atom. The molecule has 0 bridgehead atoms. The highest BCUT2D eigenvalue weighted by atomic mass is 16.6. The lowest BCUT2D eigenvalue weighted by atomic mass is 10.1. The van der Waals surface area contributed by atoms with Crippen molar-refractivity contribution in [1.29, 1.82) is 0 Å². The van der Waals surface area contributed by atoms with Gasteiger partial charge in [-0.05, 0) is 19.3 Å². The molecule has 0 fully saturated rings. The topological polar surface area (TPSA) is 78.9 Å². The highest BCUT2D eigenvalue weighted by Gasteiger charge is 2.19. The molecule has 6 heteroatoms. The maximum Gasteiger partial charge on any atom is 0.306 e. The highest BCUT2D eigenvalue weighted by molar-refractivity contribution is 5.71. The minimum absolute atomic E-state index is 0.0644. The van der Waals surface area contributed by atoms with Gasteiger partial charge in [-0.1, -0.05) is 175 Å². The monoisotopic (exact) mass is 639 g/mol. The molecule has 0 aliphatic heterocycles. The van der Waals surface area contributed by atoms with Gasteiger partial charge in [0, 0.05) is 19.3 Å². The SMILES string of the molecule is CCCCCCCCCCCCCC(=O)OCC(COC(=O)CCCCCCCCCC)OC(=O)CCCCCCCCCC. The number of carbonyl (C=O) groups is 3. The van der Waals surface area contributed by atoms with Crippen molar-refractivity contribution in [3.8, 4) is 0 Å². The number of esters is 3. The minimum atomic E-state index is -0.754. The van der Waals surface area contributed by atoms with Gasteiger partial charge in [0.1, 0.15) is 13.2 Å². The standard InChI is InChI=1S/C39H74O6/c1-4-7-10-13-16-19-20-21-24-26-29-32-38(41)44-35-36(45-39(42)33-30-27-23-18-15-12-9-6-3)34-43-37(40)31-28-25-22-17-14-11-8-5-2/h36H,4-35H2,1-3H3.